The Labute approximate surface area is 158 Å². The average Bonchev–Trinajstić information content (AvgIpc) is 2.83. The highest BCUT2D eigenvalue weighted by atomic mass is 35.7. The normalized spacial score (nSPS) is 29.7. The van der Waals surface area contributed by atoms with E-state index in [0.717, 1.165) is 11.1 Å². The fourth-order valence-electron chi connectivity index (χ4n) is 2.59. The minimum atomic E-state index is -1.09. The Kier molecular flexibility index (Phi) is 6.80. The second kappa shape index (κ2) is 8.85. The minimum absolute atomic E-state index is 0.282. The zero-order chi connectivity index (χ0) is 16.9. The summed E-state index contributed by atoms with van der Waals surface area (Å²) >= 11 is 19.3. The van der Waals surface area contributed by atoms with Crippen LogP contribution in [0.3, 0.4) is 0 Å². The fraction of sp³-hybridized carbons (Fsp3) is 0.333. The van der Waals surface area contributed by atoms with Gasteiger partial charge >= 0.3 is 0 Å². The zero-order valence-corrected chi connectivity index (χ0v) is 16.1. The Morgan fingerprint density at radius 2 is 1.29 bits per heavy atom. The molecule has 6 heteroatoms. The largest absolute Gasteiger partial charge is 0.369 e. The molecule has 2 nitrogen and oxygen atoms in total. The number of hydrogen-bond donors (Lipinski definition) is 0. The summed E-state index contributed by atoms with van der Waals surface area (Å²) in [6, 6.07) is 19.9. The quantitative estimate of drug-likeness (QED) is 0.439. The van der Waals surface area contributed by atoms with Crippen molar-refractivity contribution in [3.63, 3.8) is 0 Å². The molecule has 2 aromatic rings. The van der Waals surface area contributed by atoms with E-state index in [4.69, 9.17) is 43.9 Å². The summed E-state index contributed by atoms with van der Waals surface area (Å²) in [6.07, 6.45) is -0.318. The van der Waals surface area contributed by atoms with E-state index in [0.29, 0.717) is 13.2 Å². The molecular formula is C18H18Cl3O2P. The van der Waals surface area contributed by atoms with Gasteiger partial charge in [0, 0.05) is 7.27 Å². The lowest BCUT2D eigenvalue weighted by Gasteiger charge is -2.23. The van der Waals surface area contributed by atoms with Crippen molar-refractivity contribution in [2.75, 3.05) is 0 Å². The Morgan fingerprint density at radius 1 is 0.792 bits per heavy atom. The molecule has 3 rings (SSSR count). The van der Waals surface area contributed by atoms with Crippen LogP contribution in [0.15, 0.2) is 60.7 Å². The van der Waals surface area contributed by atoms with Crippen LogP contribution >= 0.6 is 41.7 Å². The molecule has 1 aliphatic heterocycles. The van der Waals surface area contributed by atoms with E-state index < -0.39 is 7.27 Å². The first-order valence-corrected chi connectivity index (χ1v) is 11.0. The maximum Gasteiger partial charge on any atom is 0.120 e. The standard InChI is InChI=1S/C18H18Cl3O2P/c19-15-16(22-11-13-7-3-1-4-8-13)18(24(21)17(15)20)23-12-14-9-5-2-6-10-14/h1-10,15-18H,11-12H2. The first kappa shape index (κ1) is 18.5. The molecule has 24 heavy (non-hydrogen) atoms. The van der Waals surface area contributed by atoms with Crippen molar-refractivity contribution in [3.8, 4) is 0 Å². The van der Waals surface area contributed by atoms with Gasteiger partial charge in [-0.05, 0) is 11.1 Å². The van der Waals surface area contributed by atoms with Gasteiger partial charge in [-0.25, -0.2) is 0 Å². The van der Waals surface area contributed by atoms with Gasteiger partial charge in [-0.15, -0.1) is 23.2 Å². The van der Waals surface area contributed by atoms with Gasteiger partial charge in [0.25, 0.3) is 0 Å². The molecule has 2 aromatic carbocycles. The van der Waals surface area contributed by atoms with Crippen molar-refractivity contribution in [2.45, 2.75) is 35.7 Å². The third-order valence-corrected chi connectivity index (χ3v) is 8.82. The topological polar surface area (TPSA) is 18.5 Å². The van der Waals surface area contributed by atoms with Crippen molar-refractivity contribution >= 4 is 41.7 Å². The van der Waals surface area contributed by atoms with E-state index in [2.05, 4.69) is 0 Å². The SMILES string of the molecule is ClC1C(OCc2ccccc2)C(OCc2ccccc2)P(Cl)C1Cl. The molecule has 0 aromatic heterocycles. The minimum Gasteiger partial charge on any atom is -0.369 e. The van der Waals surface area contributed by atoms with Gasteiger partial charge in [-0.1, -0.05) is 71.9 Å². The molecule has 1 heterocycles. The first-order chi connectivity index (χ1) is 11.7. The lowest BCUT2D eigenvalue weighted by Crippen LogP contribution is -2.32. The van der Waals surface area contributed by atoms with Gasteiger partial charge in [-0.2, -0.15) is 0 Å². The predicted octanol–water partition coefficient (Wildman–Crippen LogP) is 5.94. The van der Waals surface area contributed by atoms with Crippen LogP contribution < -0.4 is 0 Å². The van der Waals surface area contributed by atoms with Crippen molar-refractivity contribution in [1.82, 2.24) is 0 Å². The van der Waals surface area contributed by atoms with E-state index in [-0.39, 0.29) is 22.4 Å². The van der Waals surface area contributed by atoms with E-state index in [9.17, 15) is 0 Å². The van der Waals surface area contributed by atoms with Crippen LogP contribution in [-0.2, 0) is 22.7 Å². The van der Waals surface area contributed by atoms with Crippen LogP contribution in [0.4, 0.5) is 0 Å². The van der Waals surface area contributed by atoms with Crippen molar-refractivity contribution in [2.24, 2.45) is 0 Å². The van der Waals surface area contributed by atoms with Gasteiger partial charge in [0.1, 0.15) is 11.9 Å². The van der Waals surface area contributed by atoms with E-state index in [1.807, 2.05) is 60.7 Å². The summed E-state index contributed by atoms with van der Waals surface area (Å²) < 4.78 is 12.1. The first-order valence-electron chi connectivity index (χ1n) is 7.70. The molecule has 0 bridgehead atoms. The highest BCUT2D eigenvalue weighted by molar-refractivity contribution is 7.86. The van der Waals surface area contributed by atoms with Crippen molar-refractivity contribution in [1.29, 1.82) is 0 Å². The molecule has 0 spiro atoms. The molecule has 0 N–H and O–H groups in total. The van der Waals surface area contributed by atoms with E-state index in [1.165, 1.54) is 0 Å². The lowest BCUT2D eigenvalue weighted by atomic mass is 10.2. The molecule has 1 aliphatic rings. The second-order valence-corrected chi connectivity index (χ2v) is 9.81. The maximum absolute atomic E-state index is 6.51. The molecule has 5 unspecified atom stereocenters. The second-order valence-electron chi connectivity index (χ2n) is 5.61. The van der Waals surface area contributed by atoms with Crippen LogP contribution in [0, 0.1) is 0 Å². The van der Waals surface area contributed by atoms with Gasteiger partial charge in [0.05, 0.1) is 23.7 Å². The summed E-state index contributed by atoms with van der Waals surface area (Å²) in [4.78, 5) is 0. The van der Waals surface area contributed by atoms with Crippen LogP contribution in [0.5, 0.6) is 0 Å². The van der Waals surface area contributed by atoms with Crippen LogP contribution in [-0.4, -0.2) is 22.4 Å². The molecule has 1 fully saturated rings. The Hall–Kier alpha value is -0.340. The summed E-state index contributed by atoms with van der Waals surface area (Å²) in [5, 5.41) is -0.690. The molecular weight excluding hydrogens is 386 g/mol. The maximum atomic E-state index is 6.51. The van der Waals surface area contributed by atoms with Crippen LogP contribution in [0.2, 0.25) is 0 Å². The molecule has 0 saturated carbocycles. The van der Waals surface area contributed by atoms with Gasteiger partial charge in [-0.3, -0.25) is 0 Å². The number of ether oxygens (including phenoxy) is 2. The molecule has 0 amide bonds. The highest BCUT2D eigenvalue weighted by Crippen LogP contribution is 2.63. The van der Waals surface area contributed by atoms with Gasteiger partial charge < -0.3 is 9.47 Å². The number of rotatable bonds is 6. The fourth-order valence-corrected chi connectivity index (χ4v) is 6.27. The summed E-state index contributed by atoms with van der Waals surface area (Å²) in [5.41, 5.74) is 2.17. The average molecular weight is 404 g/mol. The van der Waals surface area contributed by atoms with Gasteiger partial charge in [0.15, 0.2) is 0 Å². The summed E-state index contributed by atoms with van der Waals surface area (Å²) in [6.45, 7) is 0.930. The smallest absolute Gasteiger partial charge is 0.120 e. The number of benzene rings is 2. The predicted molar refractivity (Wildman–Crippen MR) is 102 cm³/mol. The summed E-state index contributed by atoms with van der Waals surface area (Å²) in [7, 11) is -1.09. The number of hydrogen-bond acceptors (Lipinski definition) is 2. The van der Waals surface area contributed by atoms with Gasteiger partial charge in [0.2, 0.25) is 0 Å². The number of halogens is 3. The lowest BCUT2D eigenvalue weighted by molar-refractivity contribution is -0.0411. The molecule has 0 radical (unpaired) electrons. The van der Waals surface area contributed by atoms with Crippen molar-refractivity contribution in [3.05, 3.63) is 71.8 Å². The van der Waals surface area contributed by atoms with Crippen LogP contribution in [0.25, 0.3) is 0 Å². The molecule has 1 saturated heterocycles. The molecule has 128 valence electrons. The third kappa shape index (κ3) is 4.43. The third-order valence-electron chi connectivity index (χ3n) is 3.89. The van der Waals surface area contributed by atoms with Crippen LogP contribution in [0.1, 0.15) is 11.1 Å². The Bertz CT molecular complexity index is 573. The van der Waals surface area contributed by atoms with Crippen molar-refractivity contribution < 1.29 is 9.47 Å². The molecule has 0 aliphatic carbocycles. The monoisotopic (exact) mass is 402 g/mol. The van der Waals surface area contributed by atoms with E-state index >= 15 is 0 Å². The number of alkyl halides is 2. The summed E-state index contributed by atoms with van der Waals surface area (Å²) in [5.74, 6) is -0.282. The Balaban J connectivity index is 1.64. The highest BCUT2D eigenvalue weighted by Gasteiger charge is 2.50. The van der Waals surface area contributed by atoms with E-state index in [1.54, 1.807) is 0 Å². The molecule has 5 atom stereocenters. The zero-order valence-electron chi connectivity index (χ0n) is 12.9. The Morgan fingerprint density at radius 3 is 1.83 bits per heavy atom.